The molecule has 4 heterocycles. The molecule has 4 aromatic rings. The molecule has 0 aliphatic carbocycles. The molecular weight excluding hydrogens is 1170 g/mol. The number of carbonyl (C=O) groups excluding carboxylic acids is 2. The van der Waals surface area contributed by atoms with Gasteiger partial charge in [-0.05, 0) is 88.7 Å². The van der Waals surface area contributed by atoms with Crippen molar-refractivity contribution in [3.8, 4) is 11.5 Å². The van der Waals surface area contributed by atoms with Crippen molar-refractivity contribution in [2.45, 2.75) is 242 Å². The van der Waals surface area contributed by atoms with E-state index in [9.17, 15) is 9.90 Å². The predicted octanol–water partition coefficient (Wildman–Crippen LogP) is 13.1. The summed E-state index contributed by atoms with van der Waals surface area (Å²) in [5.74, 6) is -2.54. The fourth-order valence-electron chi connectivity index (χ4n) is 14.0. The summed E-state index contributed by atoms with van der Waals surface area (Å²) in [6, 6.07) is 36.9. The maximum absolute atomic E-state index is 15.3. The molecule has 13 atom stereocenters. The van der Waals surface area contributed by atoms with E-state index in [-0.39, 0.29) is 72.6 Å². The number of carbonyl (C=O) groups is 2. The quantitative estimate of drug-likeness (QED) is 0.0259. The molecule has 4 aliphatic heterocycles. The number of methoxy groups -OCH3 is 3. The Kier molecular flexibility index (Phi) is 23.9. The maximum Gasteiger partial charge on any atom is 0.302 e. The third-order valence-corrected chi connectivity index (χ3v) is 29.1. The molecule has 0 unspecified atom stereocenters. The minimum absolute atomic E-state index is 0.0401. The molecule has 1 N–H and O–H groups in total. The van der Waals surface area contributed by atoms with Crippen molar-refractivity contribution in [1.82, 2.24) is 0 Å². The summed E-state index contributed by atoms with van der Waals surface area (Å²) >= 11 is 0. The highest BCUT2D eigenvalue weighted by Crippen LogP contribution is 2.49. The van der Waals surface area contributed by atoms with Crippen LogP contribution in [0.25, 0.3) is 0 Å². The minimum Gasteiger partial charge on any atom is -0.497 e. The average molecular weight is 1280 g/mol. The normalized spacial score (nSPS) is 27.8. The van der Waals surface area contributed by atoms with Gasteiger partial charge in [0.05, 0.1) is 82.4 Å². The number of ketones is 1. The molecule has 0 radical (unpaired) electrons. The molecule has 4 aromatic carbocycles. The van der Waals surface area contributed by atoms with Gasteiger partial charge >= 0.3 is 5.97 Å². The first-order valence-corrected chi connectivity index (χ1v) is 37.5. The second-order valence-corrected chi connectivity index (χ2v) is 38.0. The van der Waals surface area contributed by atoms with Gasteiger partial charge in [0, 0.05) is 90.3 Å². The van der Waals surface area contributed by atoms with Gasteiger partial charge in [-0.2, -0.15) is 0 Å². The Morgan fingerprint density at radius 1 is 0.667 bits per heavy atom. The predicted molar refractivity (Wildman–Crippen MR) is 355 cm³/mol. The molecule has 496 valence electrons. The Morgan fingerprint density at radius 3 is 1.74 bits per heavy atom. The summed E-state index contributed by atoms with van der Waals surface area (Å²) in [6.07, 6.45) is 1.21. The van der Waals surface area contributed by atoms with Crippen molar-refractivity contribution >= 4 is 38.8 Å². The minimum atomic E-state index is -2.97. The Hall–Kier alpha value is -4.61. The SMILES string of the molecule is C=C(C[C@H]1C[C@](C)(O)C[C@@]2(C[C@@H](OC(C)=O)C[C@H](CCOCc3ccc(OC)cc3)O2)O1)[C@H](C)C(=O)[C@H](C)[C@@H](C[C@@H]1C[C@H](OC)C[C@]2(C[C@@H](O[Si](C)(C)C(C)(C)C)C[C@H](CO[Si](c3ccccc3)(c3ccccc3)C(C)(C)C)O2)O1)OCc1ccc(OC)cc1. The van der Waals surface area contributed by atoms with E-state index in [2.05, 4.69) is 122 Å². The lowest BCUT2D eigenvalue weighted by Crippen LogP contribution is -2.67. The molecule has 8 rings (SSSR count). The number of aliphatic hydroxyl groups is 1. The van der Waals surface area contributed by atoms with E-state index in [1.165, 1.54) is 17.3 Å². The van der Waals surface area contributed by atoms with Crippen LogP contribution in [-0.2, 0) is 69.5 Å². The van der Waals surface area contributed by atoms with Crippen LogP contribution in [0.15, 0.2) is 121 Å². The molecule has 15 nitrogen and oxygen atoms in total. The molecule has 90 heavy (non-hydrogen) atoms. The highest BCUT2D eigenvalue weighted by atomic mass is 28.4. The monoisotopic (exact) mass is 1280 g/mol. The van der Waals surface area contributed by atoms with Crippen molar-refractivity contribution in [3.63, 3.8) is 0 Å². The Balaban J connectivity index is 1.02. The first kappa shape index (κ1) is 71.2. The standard InChI is InChI=1S/C73H106O15Si2/c1-50(37-62-42-71(11,76)49-73(86-62)44-61(83-53(4)74)38-58(84-73)35-36-80-46-54-27-31-56(77-12)32-28-54)51(2)68(75)52(3)67(81-47-55-29-33-57(78-13)34-30-55)41-59-39-60(79-14)43-72(85-59)45-63(88-89(15,16)69(5,6)7)40-64(87-72)48-82-90(70(8,9)10,65-23-19-17-20-24-65)66-25-21-18-22-26-66/h17-34,51-52,58-64,67,76H,1,35-49H2,2-16H3/t51-,52+,58-,59-,60-,61-,62-,63-,64+,67+,71-,72-,73+/m0/s1. The molecule has 4 fully saturated rings. The van der Waals surface area contributed by atoms with Crippen molar-refractivity contribution in [2.24, 2.45) is 11.8 Å². The second-order valence-electron chi connectivity index (χ2n) is 28.9. The van der Waals surface area contributed by atoms with E-state index >= 15 is 4.79 Å². The first-order valence-electron chi connectivity index (χ1n) is 32.7. The lowest BCUT2D eigenvalue weighted by Gasteiger charge is -2.52. The highest BCUT2D eigenvalue weighted by molar-refractivity contribution is 6.99. The Bertz CT molecular complexity index is 2890. The average Bonchev–Trinajstić information content (AvgIpc) is 0.773. The van der Waals surface area contributed by atoms with Crippen molar-refractivity contribution in [2.75, 3.05) is 34.5 Å². The van der Waals surface area contributed by atoms with Crippen LogP contribution in [0.5, 0.6) is 11.5 Å². The van der Waals surface area contributed by atoms with Crippen LogP contribution in [0.1, 0.15) is 151 Å². The zero-order chi connectivity index (χ0) is 65.3. The van der Waals surface area contributed by atoms with Crippen LogP contribution in [0.3, 0.4) is 0 Å². The van der Waals surface area contributed by atoms with E-state index in [1.807, 2.05) is 62.4 Å². The Morgan fingerprint density at radius 2 is 1.19 bits per heavy atom. The fraction of sp³-hybridized carbons (Fsp3) is 0.616. The highest BCUT2D eigenvalue weighted by Gasteiger charge is 2.56. The fourth-order valence-corrected chi connectivity index (χ4v) is 19.9. The number of hydrogen-bond donors (Lipinski definition) is 1. The number of rotatable bonds is 27. The zero-order valence-corrected chi connectivity index (χ0v) is 58.6. The lowest BCUT2D eigenvalue weighted by atomic mass is 9.79. The van der Waals surface area contributed by atoms with Gasteiger partial charge in [0.15, 0.2) is 19.9 Å². The number of ether oxygens (including phenoxy) is 10. The van der Waals surface area contributed by atoms with E-state index < -0.39 is 76.0 Å². The number of Topliss-reactive ketones (excluding diaryl/α,β-unsaturated/α-hetero) is 1. The molecule has 0 saturated carbocycles. The summed E-state index contributed by atoms with van der Waals surface area (Å²) in [4.78, 5) is 27.7. The molecule has 4 saturated heterocycles. The van der Waals surface area contributed by atoms with Gasteiger partial charge in [-0.3, -0.25) is 9.59 Å². The van der Waals surface area contributed by atoms with Gasteiger partial charge in [-0.15, -0.1) is 0 Å². The topological polar surface area (TPSA) is 165 Å². The van der Waals surface area contributed by atoms with E-state index in [0.717, 1.165) is 22.6 Å². The first-order chi connectivity index (χ1) is 42.5. The molecule has 0 aromatic heterocycles. The summed E-state index contributed by atoms with van der Waals surface area (Å²) in [5.41, 5.74) is 1.40. The van der Waals surface area contributed by atoms with Gasteiger partial charge in [-0.25, -0.2) is 0 Å². The molecule has 0 amide bonds. The third kappa shape index (κ3) is 18.2. The summed E-state index contributed by atoms with van der Waals surface area (Å²) in [5, 5.41) is 14.1. The maximum atomic E-state index is 15.3. The summed E-state index contributed by atoms with van der Waals surface area (Å²) < 4.78 is 79.7. The number of benzene rings is 4. The Labute approximate surface area is 539 Å². The van der Waals surface area contributed by atoms with E-state index in [1.54, 1.807) is 28.3 Å². The van der Waals surface area contributed by atoms with Gasteiger partial charge in [0.2, 0.25) is 0 Å². The van der Waals surface area contributed by atoms with Crippen LogP contribution < -0.4 is 19.8 Å². The number of esters is 1. The van der Waals surface area contributed by atoms with Gasteiger partial charge in [-0.1, -0.05) is 152 Å². The number of hydrogen-bond acceptors (Lipinski definition) is 15. The smallest absolute Gasteiger partial charge is 0.302 e. The van der Waals surface area contributed by atoms with Gasteiger partial charge in [0.1, 0.15) is 23.4 Å². The van der Waals surface area contributed by atoms with Crippen LogP contribution in [0.4, 0.5) is 0 Å². The lowest BCUT2D eigenvalue weighted by molar-refractivity contribution is -0.350. The zero-order valence-electron chi connectivity index (χ0n) is 56.6. The van der Waals surface area contributed by atoms with Crippen LogP contribution in [0, 0.1) is 11.8 Å². The second kappa shape index (κ2) is 30.2. The summed E-state index contributed by atoms with van der Waals surface area (Å²) in [7, 11) is -0.260. The molecule has 17 heteroatoms. The van der Waals surface area contributed by atoms with E-state index in [0.29, 0.717) is 70.3 Å². The molecule has 2 spiro atoms. The van der Waals surface area contributed by atoms with Crippen LogP contribution in [-0.4, -0.2) is 134 Å². The van der Waals surface area contributed by atoms with Crippen molar-refractivity contribution in [3.05, 3.63) is 132 Å². The van der Waals surface area contributed by atoms with E-state index in [4.69, 9.17) is 56.2 Å². The largest absolute Gasteiger partial charge is 0.497 e. The van der Waals surface area contributed by atoms with Crippen molar-refractivity contribution < 1.29 is 70.9 Å². The van der Waals surface area contributed by atoms with Crippen LogP contribution >= 0.6 is 0 Å². The van der Waals surface area contributed by atoms with Gasteiger partial charge < -0.3 is 61.3 Å². The third-order valence-electron chi connectivity index (χ3n) is 19.5. The van der Waals surface area contributed by atoms with Crippen LogP contribution in [0.2, 0.25) is 23.2 Å². The molecular formula is C73H106O15Si2. The summed E-state index contributed by atoms with van der Waals surface area (Å²) in [6.45, 7) is 31.2. The van der Waals surface area contributed by atoms with Crippen molar-refractivity contribution in [1.29, 1.82) is 0 Å². The molecule has 0 bridgehead atoms. The van der Waals surface area contributed by atoms with Gasteiger partial charge in [0.25, 0.3) is 8.32 Å². The molecule has 4 aliphatic rings.